The van der Waals surface area contributed by atoms with Crippen molar-refractivity contribution >= 4 is 10.0 Å². The van der Waals surface area contributed by atoms with E-state index < -0.39 is 27.1 Å². The summed E-state index contributed by atoms with van der Waals surface area (Å²) >= 11 is 0. The number of hydrogen-bond acceptors (Lipinski definition) is 4. The van der Waals surface area contributed by atoms with Crippen molar-refractivity contribution in [3.8, 4) is 0 Å². The van der Waals surface area contributed by atoms with Gasteiger partial charge in [-0.25, -0.2) is 17.5 Å². The van der Waals surface area contributed by atoms with E-state index in [0.29, 0.717) is 5.56 Å². The zero-order chi connectivity index (χ0) is 17.2. The summed E-state index contributed by atoms with van der Waals surface area (Å²) < 4.78 is 42.1. The predicted octanol–water partition coefficient (Wildman–Crippen LogP) is 2.23. The maximum absolute atomic E-state index is 14.1. The molecule has 0 saturated carbocycles. The molecule has 0 aliphatic carbocycles. The van der Waals surface area contributed by atoms with Crippen LogP contribution in [0.5, 0.6) is 0 Å². The zero-order valence-corrected chi connectivity index (χ0v) is 14.0. The van der Waals surface area contributed by atoms with Gasteiger partial charge in [-0.15, -0.1) is 0 Å². The van der Waals surface area contributed by atoms with E-state index in [4.69, 9.17) is 4.84 Å². The average Bonchev–Trinajstić information content (AvgIpc) is 2.97. The molecule has 24 heavy (non-hydrogen) atoms. The smallest absolute Gasteiger partial charge is 0.219 e. The number of nitrogens with zero attached hydrogens (tertiary/aromatic N) is 1. The molecule has 0 spiro atoms. The van der Waals surface area contributed by atoms with Crippen molar-refractivity contribution in [3.05, 3.63) is 71.5 Å². The first-order valence-corrected chi connectivity index (χ1v) is 9.16. The van der Waals surface area contributed by atoms with Gasteiger partial charge in [-0.1, -0.05) is 48.5 Å². The van der Waals surface area contributed by atoms with Gasteiger partial charge in [0.15, 0.2) is 0 Å². The van der Waals surface area contributed by atoms with Crippen LogP contribution in [0.25, 0.3) is 0 Å². The summed E-state index contributed by atoms with van der Waals surface area (Å²) in [5.74, 6) is -0.442. The Balaban J connectivity index is 1.82. The highest BCUT2D eigenvalue weighted by Crippen LogP contribution is 2.34. The molecule has 1 fully saturated rings. The van der Waals surface area contributed by atoms with Crippen molar-refractivity contribution in [2.24, 2.45) is 0 Å². The van der Waals surface area contributed by atoms with E-state index in [0.717, 1.165) is 5.56 Å². The maximum Gasteiger partial charge on any atom is 0.219 e. The molecule has 1 saturated heterocycles. The third kappa shape index (κ3) is 3.49. The molecule has 2 unspecified atom stereocenters. The third-order valence-corrected chi connectivity index (χ3v) is 5.87. The molecule has 3 rings (SSSR count). The lowest BCUT2D eigenvalue weighted by Crippen LogP contribution is -2.39. The molecule has 1 heterocycles. The quantitative estimate of drug-likeness (QED) is 0.898. The number of hydrogen-bond donors (Lipinski definition) is 1. The lowest BCUT2D eigenvalue weighted by Gasteiger charge is -2.23. The number of benzene rings is 2. The highest BCUT2D eigenvalue weighted by Gasteiger charge is 2.44. The Hall–Kier alpha value is -1.80. The fraction of sp³-hybridized carbons (Fsp3) is 0.294. The van der Waals surface area contributed by atoms with Gasteiger partial charge in [0.05, 0.1) is 12.6 Å². The number of nitrogens with one attached hydrogen (secondary N) is 1. The lowest BCUT2D eigenvalue weighted by molar-refractivity contribution is -0.111. The van der Waals surface area contributed by atoms with Gasteiger partial charge in [-0.2, -0.15) is 5.06 Å². The van der Waals surface area contributed by atoms with E-state index in [9.17, 15) is 12.8 Å². The number of halogens is 1. The third-order valence-electron chi connectivity index (χ3n) is 4.13. The van der Waals surface area contributed by atoms with Crippen LogP contribution in [0, 0.1) is 5.82 Å². The first-order chi connectivity index (χ1) is 11.5. The normalized spacial score (nSPS) is 21.9. The molecule has 0 amide bonds. The molecule has 0 aromatic heterocycles. The minimum absolute atomic E-state index is 0.0143. The maximum atomic E-state index is 14.1. The van der Waals surface area contributed by atoms with Crippen LogP contribution < -0.4 is 4.72 Å². The summed E-state index contributed by atoms with van der Waals surface area (Å²) in [6.45, 7) is 0.174. The number of sulfonamides is 1. The lowest BCUT2D eigenvalue weighted by atomic mass is 10.0. The van der Waals surface area contributed by atoms with Crippen LogP contribution in [-0.2, 0) is 21.4 Å². The Morgan fingerprint density at radius 2 is 1.83 bits per heavy atom. The van der Waals surface area contributed by atoms with Gasteiger partial charge in [-0.3, -0.25) is 4.84 Å². The first kappa shape index (κ1) is 17.0. The van der Waals surface area contributed by atoms with Crippen LogP contribution >= 0.6 is 0 Å². The van der Waals surface area contributed by atoms with Crippen LogP contribution in [0.2, 0.25) is 0 Å². The van der Waals surface area contributed by atoms with Crippen molar-refractivity contribution in [1.82, 2.24) is 9.79 Å². The second-order valence-corrected chi connectivity index (χ2v) is 7.68. The molecular formula is C17H19FN2O3S. The molecule has 0 radical (unpaired) electrons. The molecule has 7 heteroatoms. The topological polar surface area (TPSA) is 58.6 Å². The van der Waals surface area contributed by atoms with E-state index in [1.54, 1.807) is 25.2 Å². The minimum atomic E-state index is -3.69. The van der Waals surface area contributed by atoms with E-state index in [-0.39, 0.29) is 13.2 Å². The van der Waals surface area contributed by atoms with Gasteiger partial charge in [0.2, 0.25) is 10.0 Å². The Labute approximate surface area is 141 Å². The van der Waals surface area contributed by atoms with Gasteiger partial charge in [0.1, 0.15) is 11.1 Å². The predicted molar refractivity (Wildman–Crippen MR) is 88.8 cm³/mol. The molecule has 2 aromatic carbocycles. The molecule has 0 bridgehead atoms. The molecule has 1 aliphatic heterocycles. The van der Waals surface area contributed by atoms with Crippen molar-refractivity contribution < 1.29 is 17.6 Å². The molecular weight excluding hydrogens is 331 g/mol. The molecule has 1 N–H and O–H groups in total. The van der Waals surface area contributed by atoms with Gasteiger partial charge in [-0.05, 0) is 11.6 Å². The molecule has 128 valence electrons. The monoisotopic (exact) mass is 350 g/mol. The van der Waals surface area contributed by atoms with Crippen molar-refractivity contribution in [3.63, 3.8) is 0 Å². The SMILES string of the molecule is CN1OCC(S(=O)(=O)NCc2ccccc2)C1c1ccccc1F. The van der Waals surface area contributed by atoms with Crippen LogP contribution in [0.4, 0.5) is 4.39 Å². The van der Waals surface area contributed by atoms with Crippen LogP contribution in [0.1, 0.15) is 17.2 Å². The summed E-state index contributed by atoms with van der Waals surface area (Å²) in [7, 11) is -2.07. The highest BCUT2D eigenvalue weighted by atomic mass is 32.2. The van der Waals surface area contributed by atoms with Crippen LogP contribution in [-0.4, -0.2) is 32.4 Å². The largest absolute Gasteiger partial charge is 0.297 e. The van der Waals surface area contributed by atoms with E-state index in [1.807, 2.05) is 30.3 Å². The number of hydroxylamine groups is 2. The fourth-order valence-corrected chi connectivity index (χ4v) is 4.33. The molecule has 2 aromatic rings. The number of rotatable bonds is 5. The summed E-state index contributed by atoms with van der Waals surface area (Å²) in [6, 6.07) is 14.7. The molecule has 1 aliphatic rings. The van der Waals surface area contributed by atoms with Crippen LogP contribution in [0.3, 0.4) is 0 Å². The Morgan fingerprint density at radius 1 is 1.17 bits per heavy atom. The summed E-state index contributed by atoms with van der Waals surface area (Å²) in [5.41, 5.74) is 1.17. The van der Waals surface area contributed by atoms with Crippen LogP contribution in [0.15, 0.2) is 54.6 Å². The van der Waals surface area contributed by atoms with Gasteiger partial charge in [0, 0.05) is 19.2 Å². The molecule has 2 atom stereocenters. The summed E-state index contributed by atoms with van der Waals surface area (Å²) in [5, 5.41) is 0.522. The summed E-state index contributed by atoms with van der Waals surface area (Å²) in [6.07, 6.45) is 0. The van der Waals surface area contributed by atoms with Crippen molar-refractivity contribution in [1.29, 1.82) is 0 Å². The highest BCUT2D eigenvalue weighted by molar-refractivity contribution is 7.90. The van der Waals surface area contributed by atoms with Gasteiger partial charge >= 0.3 is 0 Å². The Morgan fingerprint density at radius 3 is 2.54 bits per heavy atom. The fourth-order valence-electron chi connectivity index (χ4n) is 2.85. The van der Waals surface area contributed by atoms with Gasteiger partial charge in [0.25, 0.3) is 0 Å². The summed E-state index contributed by atoms with van der Waals surface area (Å²) in [4.78, 5) is 5.37. The molecule has 5 nitrogen and oxygen atoms in total. The second-order valence-electron chi connectivity index (χ2n) is 5.70. The van der Waals surface area contributed by atoms with Crippen molar-refractivity contribution in [2.75, 3.05) is 13.7 Å². The standard InChI is InChI=1S/C17H19FN2O3S/c1-20-17(14-9-5-6-10-15(14)18)16(12-23-20)24(21,22)19-11-13-7-3-2-4-8-13/h2-10,16-17,19H,11-12H2,1H3. The van der Waals surface area contributed by atoms with Gasteiger partial charge < -0.3 is 0 Å². The average molecular weight is 350 g/mol. The second kappa shape index (κ2) is 6.98. The Kier molecular flexibility index (Phi) is 4.96. The van der Waals surface area contributed by atoms with E-state index in [2.05, 4.69) is 4.72 Å². The zero-order valence-electron chi connectivity index (χ0n) is 13.2. The van der Waals surface area contributed by atoms with E-state index >= 15 is 0 Å². The van der Waals surface area contributed by atoms with Crippen molar-refractivity contribution in [2.45, 2.75) is 17.8 Å². The minimum Gasteiger partial charge on any atom is -0.297 e. The Bertz CT molecular complexity index is 798. The first-order valence-electron chi connectivity index (χ1n) is 7.61. The van der Waals surface area contributed by atoms with E-state index in [1.165, 1.54) is 11.1 Å².